The number of rotatable bonds is 7. The number of thiophene rings is 1. The van der Waals surface area contributed by atoms with Crippen LogP contribution in [0, 0.1) is 0 Å². The van der Waals surface area contributed by atoms with Crippen molar-refractivity contribution in [2.45, 2.75) is 51.1 Å². The second-order valence-corrected chi connectivity index (χ2v) is 7.02. The van der Waals surface area contributed by atoms with Crippen molar-refractivity contribution in [1.29, 1.82) is 0 Å². The number of H-pyrrole nitrogens is 1. The molecule has 5 nitrogen and oxygen atoms in total. The van der Waals surface area contributed by atoms with Crippen molar-refractivity contribution >= 4 is 17.2 Å². The van der Waals surface area contributed by atoms with E-state index in [4.69, 9.17) is 0 Å². The predicted octanol–water partition coefficient (Wildman–Crippen LogP) is 3.07. The lowest BCUT2D eigenvalue weighted by Gasteiger charge is -2.22. The average molecular weight is 332 g/mol. The topological polar surface area (TPSA) is 69.8 Å². The maximum absolute atomic E-state index is 12.0. The summed E-state index contributed by atoms with van der Waals surface area (Å²) in [5.41, 5.74) is 2.21. The summed E-state index contributed by atoms with van der Waals surface area (Å²) in [6, 6.07) is 4.52. The molecule has 2 heterocycles. The van der Waals surface area contributed by atoms with E-state index in [2.05, 4.69) is 32.3 Å². The molecule has 0 saturated heterocycles. The van der Waals surface area contributed by atoms with E-state index < -0.39 is 0 Å². The normalized spacial score (nSPS) is 15.7. The van der Waals surface area contributed by atoms with Gasteiger partial charge in [-0.1, -0.05) is 25.3 Å². The Morgan fingerprint density at radius 3 is 3.00 bits per heavy atom. The second-order valence-electron chi connectivity index (χ2n) is 6.08. The zero-order chi connectivity index (χ0) is 15.9. The Balaban J connectivity index is 1.38. The zero-order valence-electron chi connectivity index (χ0n) is 13.3. The van der Waals surface area contributed by atoms with Crippen molar-refractivity contribution < 1.29 is 4.79 Å². The van der Waals surface area contributed by atoms with Gasteiger partial charge in [0.15, 0.2) is 0 Å². The summed E-state index contributed by atoms with van der Waals surface area (Å²) in [6.07, 6.45) is 8.46. The highest BCUT2D eigenvalue weighted by Crippen LogP contribution is 2.25. The first kappa shape index (κ1) is 16.2. The van der Waals surface area contributed by atoms with Crippen LogP contribution in [0.4, 0.5) is 0 Å². The highest BCUT2D eigenvalue weighted by atomic mass is 32.1. The Morgan fingerprint density at radius 2 is 2.22 bits per heavy atom. The van der Waals surface area contributed by atoms with Gasteiger partial charge in [-0.25, -0.2) is 0 Å². The average Bonchev–Trinajstić information content (AvgIpc) is 3.23. The Bertz CT molecular complexity index is 602. The second kappa shape index (κ2) is 8.26. The van der Waals surface area contributed by atoms with Crippen LogP contribution in [0.2, 0.25) is 0 Å². The fourth-order valence-corrected chi connectivity index (χ4v) is 3.81. The van der Waals surface area contributed by atoms with Crippen LogP contribution >= 0.6 is 11.3 Å². The van der Waals surface area contributed by atoms with E-state index in [-0.39, 0.29) is 5.91 Å². The number of hydrogen-bond donors (Lipinski definition) is 3. The molecule has 1 aliphatic carbocycles. The number of carbonyl (C=O) groups is 1. The van der Waals surface area contributed by atoms with Gasteiger partial charge in [-0.15, -0.1) is 11.3 Å². The molecule has 0 bridgehead atoms. The van der Waals surface area contributed by atoms with Gasteiger partial charge >= 0.3 is 0 Å². The Morgan fingerprint density at radius 1 is 1.35 bits per heavy atom. The maximum Gasteiger partial charge on any atom is 0.221 e. The standard InChI is InChI=1S/C17H24N4OS/c22-16(20-14-5-2-1-3-6-14)8-9-18-11-13-12-19-21-17(13)15-7-4-10-23-15/h4,7,10,12,14,18H,1-3,5-6,8-9,11H2,(H,19,21)(H,20,22). The van der Waals surface area contributed by atoms with E-state index in [1.807, 2.05) is 12.3 Å². The van der Waals surface area contributed by atoms with Crippen molar-refractivity contribution in [3.63, 3.8) is 0 Å². The van der Waals surface area contributed by atoms with Crippen LogP contribution in [0.15, 0.2) is 23.7 Å². The summed E-state index contributed by atoms with van der Waals surface area (Å²) in [5.74, 6) is 0.162. The predicted molar refractivity (Wildman–Crippen MR) is 93.2 cm³/mol. The molecule has 0 aromatic carbocycles. The maximum atomic E-state index is 12.0. The van der Waals surface area contributed by atoms with E-state index in [1.165, 1.54) is 24.1 Å². The first-order valence-electron chi connectivity index (χ1n) is 8.39. The molecule has 0 radical (unpaired) electrons. The molecule has 0 spiro atoms. The van der Waals surface area contributed by atoms with Crippen molar-refractivity contribution in [2.24, 2.45) is 0 Å². The fourth-order valence-electron chi connectivity index (χ4n) is 3.05. The van der Waals surface area contributed by atoms with Gasteiger partial charge in [0, 0.05) is 31.1 Å². The minimum atomic E-state index is 0.162. The third kappa shape index (κ3) is 4.65. The molecule has 6 heteroatoms. The summed E-state index contributed by atoms with van der Waals surface area (Å²) < 4.78 is 0. The Kier molecular flexibility index (Phi) is 5.82. The number of aromatic nitrogens is 2. The summed E-state index contributed by atoms with van der Waals surface area (Å²) in [6.45, 7) is 1.41. The first-order chi connectivity index (χ1) is 11.3. The molecule has 2 aromatic heterocycles. The van der Waals surface area contributed by atoms with Gasteiger partial charge in [0.1, 0.15) is 0 Å². The number of nitrogens with one attached hydrogen (secondary N) is 3. The van der Waals surface area contributed by atoms with Crippen LogP contribution < -0.4 is 10.6 Å². The van der Waals surface area contributed by atoms with Crippen LogP contribution in [-0.4, -0.2) is 28.7 Å². The van der Waals surface area contributed by atoms with E-state index >= 15 is 0 Å². The van der Waals surface area contributed by atoms with Crippen LogP contribution in [0.25, 0.3) is 10.6 Å². The quantitative estimate of drug-likeness (QED) is 0.683. The van der Waals surface area contributed by atoms with Gasteiger partial charge < -0.3 is 10.6 Å². The monoisotopic (exact) mass is 332 g/mol. The SMILES string of the molecule is O=C(CCNCc1cn[nH]c1-c1cccs1)NC1CCCCC1. The third-order valence-corrected chi connectivity index (χ3v) is 5.19. The number of aromatic amines is 1. The molecule has 0 atom stereocenters. The van der Waals surface area contributed by atoms with Crippen LogP contribution in [-0.2, 0) is 11.3 Å². The molecule has 1 aliphatic rings. The van der Waals surface area contributed by atoms with Gasteiger partial charge in [-0.05, 0) is 24.3 Å². The van der Waals surface area contributed by atoms with Crippen LogP contribution in [0.1, 0.15) is 44.1 Å². The first-order valence-corrected chi connectivity index (χ1v) is 9.27. The van der Waals surface area contributed by atoms with Crippen molar-refractivity contribution in [1.82, 2.24) is 20.8 Å². The number of amides is 1. The fraction of sp³-hybridized carbons (Fsp3) is 0.529. The summed E-state index contributed by atoms with van der Waals surface area (Å²) in [4.78, 5) is 13.1. The number of hydrogen-bond acceptors (Lipinski definition) is 4. The smallest absolute Gasteiger partial charge is 0.221 e. The van der Waals surface area contributed by atoms with E-state index in [1.54, 1.807) is 11.3 Å². The highest BCUT2D eigenvalue weighted by Gasteiger charge is 2.15. The van der Waals surface area contributed by atoms with Crippen LogP contribution in [0.3, 0.4) is 0 Å². The summed E-state index contributed by atoms with van der Waals surface area (Å²) in [5, 5.41) is 15.7. The highest BCUT2D eigenvalue weighted by molar-refractivity contribution is 7.13. The largest absolute Gasteiger partial charge is 0.353 e. The number of carbonyl (C=O) groups excluding carboxylic acids is 1. The van der Waals surface area contributed by atoms with Gasteiger partial charge in [0.25, 0.3) is 0 Å². The lowest BCUT2D eigenvalue weighted by Crippen LogP contribution is -2.37. The Hall–Kier alpha value is -1.66. The van der Waals surface area contributed by atoms with Gasteiger partial charge in [0.05, 0.1) is 16.8 Å². The van der Waals surface area contributed by atoms with E-state index in [9.17, 15) is 4.79 Å². The van der Waals surface area contributed by atoms with Crippen molar-refractivity contribution in [2.75, 3.05) is 6.54 Å². The molecule has 3 N–H and O–H groups in total. The summed E-state index contributed by atoms with van der Waals surface area (Å²) in [7, 11) is 0. The molecule has 1 saturated carbocycles. The molecular formula is C17H24N4OS. The molecule has 0 aliphatic heterocycles. The minimum absolute atomic E-state index is 0.162. The van der Waals surface area contributed by atoms with Gasteiger partial charge in [0.2, 0.25) is 5.91 Å². The molecule has 1 amide bonds. The van der Waals surface area contributed by atoms with Crippen molar-refractivity contribution in [3.8, 4) is 10.6 Å². The van der Waals surface area contributed by atoms with E-state index in [0.717, 1.165) is 30.6 Å². The summed E-state index contributed by atoms with van der Waals surface area (Å²) >= 11 is 1.70. The molecule has 2 aromatic rings. The van der Waals surface area contributed by atoms with E-state index in [0.29, 0.717) is 19.0 Å². The molecule has 23 heavy (non-hydrogen) atoms. The number of nitrogens with zero attached hydrogens (tertiary/aromatic N) is 1. The zero-order valence-corrected chi connectivity index (χ0v) is 14.1. The van der Waals surface area contributed by atoms with Crippen LogP contribution in [0.5, 0.6) is 0 Å². The van der Waals surface area contributed by atoms with Gasteiger partial charge in [-0.2, -0.15) is 5.10 Å². The Labute approximate surface area is 140 Å². The molecule has 124 valence electrons. The third-order valence-electron chi connectivity index (χ3n) is 4.30. The lowest BCUT2D eigenvalue weighted by molar-refractivity contribution is -0.121. The van der Waals surface area contributed by atoms with Gasteiger partial charge in [-0.3, -0.25) is 9.89 Å². The molecule has 3 rings (SSSR count). The minimum Gasteiger partial charge on any atom is -0.353 e. The van der Waals surface area contributed by atoms with Crippen molar-refractivity contribution in [3.05, 3.63) is 29.3 Å². The molecule has 0 unspecified atom stereocenters. The molecule has 1 fully saturated rings. The lowest BCUT2D eigenvalue weighted by atomic mass is 9.95. The molecular weight excluding hydrogens is 308 g/mol.